The Hall–Kier alpha value is -2.32. The number of aliphatic hydroxyl groups excluding tert-OH is 1. The van der Waals surface area contributed by atoms with E-state index in [0.717, 1.165) is 23.5 Å². The van der Waals surface area contributed by atoms with Crippen molar-refractivity contribution in [3.8, 4) is 11.3 Å². The molecule has 2 unspecified atom stereocenters. The van der Waals surface area contributed by atoms with E-state index in [1.165, 1.54) is 16.8 Å². The maximum Gasteiger partial charge on any atom is 0.345 e. The van der Waals surface area contributed by atoms with Crippen LogP contribution in [0.1, 0.15) is 29.6 Å². The summed E-state index contributed by atoms with van der Waals surface area (Å²) in [5.41, 5.74) is 0.298. The third-order valence-corrected chi connectivity index (χ3v) is 4.98. The van der Waals surface area contributed by atoms with Gasteiger partial charge in [-0.2, -0.15) is 5.10 Å². The van der Waals surface area contributed by atoms with E-state index in [2.05, 4.69) is 5.10 Å². The lowest BCUT2D eigenvalue weighted by Crippen LogP contribution is -2.19. The van der Waals surface area contributed by atoms with Crippen LogP contribution < -0.4 is 0 Å². The van der Waals surface area contributed by atoms with Crippen molar-refractivity contribution >= 4 is 27.5 Å². The second kappa shape index (κ2) is 5.95. The molecule has 2 aromatic heterocycles. The number of nitrogens with zero attached hydrogens (tertiary/aromatic N) is 2. The zero-order valence-electron chi connectivity index (χ0n) is 12.8. The zero-order valence-corrected chi connectivity index (χ0v) is 13.6. The molecule has 2 atom stereocenters. The van der Waals surface area contributed by atoms with Gasteiger partial charge >= 0.3 is 5.97 Å². The Morgan fingerprint density at radius 1 is 1.29 bits per heavy atom. The zero-order chi connectivity index (χ0) is 17.6. The van der Waals surface area contributed by atoms with E-state index in [-0.39, 0.29) is 16.1 Å². The van der Waals surface area contributed by atoms with E-state index in [1.54, 1.807) is 13.8 Å². The van der Waals surface area contributed by atoms with Gasteiger partial charge in [0.15, 0.2) is 0 Å². The summed E-state index contributed by atoms with van der Waals surface area (Å²) in [6.07, 6.45) is -0.741. The van der Waals surface area contributed by atoms with Crippen LogP contribution in [-0.2, 0) is 0 Å². The number of aromatic nitrogens is 2. The molecule has 0 aliphatic carbocycles. The van der Waals surface area contributed by atoms with Crippen molar-refractivity contribution in [1.29, 1.82) is 0 Å². The van der Waals surface area contributed by atoms with E-state index in [9.17, 15) is 23.8 Å². The number of fused-ring (bicyclic) bond motifs is 1. The number of aromatic carboxylic acids is 1. The fourth-order valence-electron chi connectivity index (χ4n) is 2.39. The predicted molar refractivity (Wildman–Crippen MR) is 86.3 cm³/mol. The molecule has 0 spiro atoms. The molecule has 0 aliphatic heterocycles. The molecule has 0 saturated heterocycles. The van der Waals surface area contributed by atoms with Crippen LogP contribution >= 0.6 is 11.3 Å². The van der Waals surface area contributed by atoms with E-state index < -0.39 is 29.7 Å². The smallest absolute Gasteiger partial charge is 0.345 e. The molecule has 0 aliphatic rings. The average Bonchev–Trinajstić information content (AvgIpc) is 3.06. The van der Waals surface area contributed by atoms with Gasteiger partial charge in [-0.3, -0.25) is 0 Å². The molecule has 2 heterocycles. The van der Waals surface area contributed by atoms with Gasteiger partial charge in [0.05, 0.1) is 12.1 Å². The van der Waals surface area contributed by atoms with E-state index in [4.69, 9.17) is 0 Å². The first-order chi connectivity index (χ1) is 11.3. The Kier molecular flexibility index (Phi) is 4.10. The maximum absolute atomic E-state index is 14.1. The molecule has 1 aromatic carbocycles. The van der Waals surface area contributed by atoms with Gasteiger partial charge < -0.3 is 10.2 Å². The topological polar surface area (TPSA) is 75.3 Å². The highest BCUT2D eigenvalue weighted by atomic mass is 32.1. The second-order valence-electron chi connectivity index (χ2n) is 5.53. The summed E-state index contributed by atoms with van der Waals surface area (Å²) in [5, 5.41) is 23.8. The van der Waals surface area contributed by atoms with Gasteiger partial charge in [0.1, 0.15) is 27.0 Å². The summed E-state index contributed by atoms with van der Waals surface area (Å²) >= 11 is 0.996. The normalized spacial score (nSPS) is 14.0. The minimum atomic E-state index is -1.10. The summed E-state index contributed by atoms with van der Waals surface area (Å²) in [7, 11) is 0. The third-order valence-electron chi connectivity index (χ3n) is 3.86. The van der Waals surface area contributed by atoms with Crippen LogP contribution in [0, 0.1) is 11.6 Å². The molecule has 126 valence electrons. The number of rotatable bonds is 4. The summed E-state index contributed by atoms with van der Waals surface area (Å²) in [4.78, 5) is 11.8. The van der Waals surface area contributed by atoms with Crippen LogP contribution in [-0.4, -0.2) is 32.1 Å². The predicted octanol–water partition coefficient (Wildman–Crippen LogP) is 3.68. The number of thiophene rings is 1. The highest BCUT2D eigenvalue weighted by molar-refractivity contribution is 7.20. The SMILES string of the molecule is CC(O)C(C)n1nc(-c2ccc(F)cc2F)c2cc(C(=O)O)sc21. The van der Waals surface area contributed by atoms with Crippen LogP contribution in [0.3, 0.4) is 0 Å². The molecule has 0 fully saturated rings. The largest absolute Gasteiger partial charge is 0.477 e. The molecule has 3 rings (SSSR count). The fraction of sp³-hybridized carbons (Fsp3) is 0.250. The van der Waals surface area contributed by atoms with Gasteiger partial charge in [0.25, 0.3) is 0 Å². The third kappa shape index (κ3) is 2.67. The Morgan fingerprint density at radius 2 is 2.00 bits per heavy atom. The minimum absolute atomic E-state index is 0.0766. The molecular formula is C16H14F2N2O3S. The molecule has 0 radical (unpaired) electrons. The standard InChI is InChI=1S/C16H14F2N2O3S/c1-7(8(2)21)20-15-11(6-13(24-15)16(22)23)14(19-20)10-4-3-9(17)5-12(10)18/h3-8,21H,1-2H3,(H,22,23). The van der Waals surface area contributed by atoms with Gasteiger partial charge in [-0.15, -0.1) is 11.3 Å². The molecule has 2 N–H and O–H groups in total. The van der Waals surface area contributed by atoms with E-state index >= 15 is 0 Å². The van der Waals surface area contributed by atoms with Crippen molar-refractivity contribution in [2.75, 3.05) is 0 Å². The summed E-state index contributed by atoms with van der Waals surface area (Å²) in [5.74, 6) is -2.59. The van der Waals surface area contributed by atoms with Gasteiger partial charge in [0, 0.05) is 17.0 Å². The van der Waals surface area contributed by atoms with Crippen molar-refractivity contribution in [2.45, 2.75) is 26.0 Å². The molecular weight excluding hydrogens is 338 g/mol. The molecule has 0 bridgehead atoms. The number of carboxylic acids is 1. The number of aliphatic hydroxyl groups is 1. The number of carbonyl (C=O) groups is 1. The van der Waals surface area contributed by atoms with Gasteiger partial charge in [0.2, 0.25) is 0 Å². The number of hydrogen-bond acceptors (Lipinski definition) is 4. The molecule has 3 aromatic rings. The van der Waals surface area contributed by atoms with Gasteiger partial charge in [-0.05, 0) is 32.0 Å². The van der Waals surface area contributed by atoms with Crippen LogP contribution in [0.5, 0.6) is 0 Å². The Bertz CT molecular complexity index is 933. The summed E-state index contributed by atoms with van der Waals surface area (Å²) < 4.78 is 28.8. The highest BCUT2D eigenvalue weighted by Crippen LogP contribution is 2.37. The van der Waals surface area contributed by atoms with Gasteiger partial charge in [-0.1, -0.05) is 0 Å². The monoisotopic (exact) mass is 352 g/mol. The lowest BCUT2D eigenvalue weighted by atomic mass is 10.1. The molecule has 5 nitrogen and oxygen atoms in total. The van der Waals surface area contributed by atoms with Crippen molar-refractivity contribution in [3.63, 3.8) is 0 Å². The number of hydrogen-bond donors (Lipinski definition) is 2. The Morgan fingerprint density at radius 3 is 2.58 bits per heavy atom. The Balaban J connectivity index is 2.29. The molecule has 0 amide bonds. The fourth-order valence-corrected chi connectivity index (χ4v) is 3.43. The van der Waals surface area contributed by atoms with E-state index in [0.29, 0.717) is 10.2 Å². The average molecular weight is 352 g/mol. The van der Waals surface area contributed by atoms with Crippen LogP contribution in [0.2, 0.25) is 0 Å². The quantitative estimate of drug-likeness (QED) is 0.751. The van der Waals surface area contributed by atoms with Crippen LogP contribution in [0.15, 0.2) is 24.3 Å². The van der Waals surface area contributed by atoms with Crippen LogP contribution in [0.4, 0.5) is 8.78 Å². The molecule has 24 heavy (non-hydrogen) atoms. The van der Waals surface area contributed by atoms with Gasteiger partial charge in [-0.25, -0.2) is 18.3 Å². The number of carboxylic acid groups (broad SMARTS) is 1. The van der Waals surface area contributed by atoms with Crippen molar-refractivity contribution in [3.05, 3.63) is 40.8 Å². The summed E-state index contributed by atoms with van der Waals surface area (Å²) in [6.45, 7) is 3.31. The summed E-state index contributed by atoms with van der Waals surface area (Å²) in [6, 6.07) is 4.11. The van der Waals surface area contributed by atoms with E-state index in [1.807, 2.05) is 0 Å². The molecule has 8 heteroatoms. The first-order valence-corrected chi connectivity index (χ1v) is 8.00. The first-order valence-electron chi connectivity index (χ1n) is 7.18. The van der Waals surface area contributed by atoms with Crippen molar-refractivity contribution < 1.29 is 23.8 Å². The lowest BCUT2D eigenvalue weighted by Gasteiger charge is -2.15. The van der Waals surface area contributed by atoms with Crippen molar-refractivity contribution in [1.82, 2.24) is 9.78 Å². The molecule has 0 saturated carbocycles. The first kappa shape index (κ1) is 16.5. The Labute approximate surface area is 139 Å². The van der Waals surface area contributed by atoms with Crippen molar-refractivity contribution in [2.24, 2.45) is 0 Å². The maximum atomic E-state index is 14.1. The van der Waals surface area contributed by atoms with Crippen LogP contribution in [0.25, 0.3) is 21.5 Å². The number of halogens is 2. The lowest BCUT2D eigenvalue weighted by molar-refractivity contribution is 0.0702. The second-order valence-corrected chi connectivity index (χ2v) is 6.56. The minimum Gasteiger partial charge on any atom is -0.477 e. The number of benzene rings is 1. The highest BCUT2D eigenvalue weighted by Gasteiger charge is 2.24.